The number of rotatable bonds is 2. The molecule has 0 radical (unpaired) electrons. The Bertz CT molecular complexity index is 548. The number of halogens is 2. The third-order valence-corrected chi connectivity index (χ3v) is 2.91. The van der Waals surface area contributed by atoms with E-state index >= 15 is 0 Å². The molecule has 2 rings (SSSR count). The van der Waals surface area contributed by atoms with Gasteiger partial charge in [0, 0.05) is 5.39 Å². The minimum absolute atomic E-state index is 0.242. The number of para-hydroxylation sites is 1. The Hall–Kier alpha value is -1.19. The zero-order valence-electron chi connectivity index (χ0n) is 8.51. The maximum Gasteiger partial charge on any atom is 0.356 e. The number of ether oxygens (including phenoxy) is 1. The van der Waals surface area contributed by atoms with Crippen LogP contribution >= 0.6 is 23.2 Å². The van der Waals surface area contributed by atoms with Gasteiger partial charge in [0.25, 0.3) is 0 Å². The summed E-state index contributed by atoms with van der Waals surface area (Å²) in [6.07, 6.45) is 0. The van der Waals surface area contributed by atoms with Crippen molar-refractivity contribution >= 4 is 40.1 Å². The predicted octanol–water partition coefficient (Wildman–Crippen LogP) is 3.65. The molecule has 3 nitrogen and oxygen atoms in total. The lowest BCUT2D eigenvalue weighted by Crippen LogP contribution is -2.05. The van der Waals surface area contributed by atoms with E-state index in [2.05, 4.69) is 4.98 Å². The molecule has 0 saturated carbocycles. The first-order chi connectivity index (χ1) is 7.65. The highest BCUT2D eigenvalue weighted by molar-refractivity contribution is 6.41. The fraction of sp³-hybridized carbons (Fsp3) is 0.182. The number of H-pyrrole nitrogens is 1. The molecular formula is C11H9Cl2NO2. The van der Waals surface area contributed by atoms with Crippen LogP contribution in [-0.4, -0.2) is 17.6 Å². The van der Waals surface area contributed by atoms with E-state index in [1.54, 1.807) is 25.1 Å². The van der Waals surface area contributed by atoms with Crippen molar-refractivity contribution in [3.05, 3.63) is 33.9 Å². The number of esters is 1. The van der Waals surface area contributed by atoms with Crippen LogP contribution in [0.1, 0.15) is 17.4 Å². The standard InChI is InChI=1S/C11H9Cl2NO2/c1-2-16-11(15)10-8(13)6-4-3-5-7(12)9(6)14-10/h3-5,14H,2H2,1H3. The first kappa shape index (κ1) is 11.3. The summed E-state index contributed by atoms with van der Waals surface area (Å²) in [5.41, 5.74) is 0.892. The van der Waals surface area contributed by atoms with Crippen LogP contribution in [0.5, 0.6) is 0 Å². The predicted molar refractivity (Wildman–Crippen MR) is 64.3 cm³/mol. The lowest BCUT2D eigenvalue weighted by atomic mass is 10.2. The van der Waals surface area contributed by atoms with Gasteiger partial charge in [-0.2, -0.15) is 0 Å². The number of aromatic nitrogens is 1. The minimum Gasteiger partial charge on any atom is -0.461 e. The molecular weight excluding hydrogens is 249 g/mol. The number of hydrogen-bond donors (Lipinski definition) is 1. The molecule has 0 fully saturated rings. The molecule has 0 aliphatic heterocycles. The lowest BCUT2D eigenvalue weighted by Gasteiger charge is -1.98. The Morgan fingerprint density at radius 2 is 2.19 bits per heavy atom. The highest BCUT2D eigenvalue weighted by atomic mass is 35.5. The van der Waals surface area contributed by atoms with Gasteiger partial charge in [-0.3, -0.25) is 0 Å². The largest absolute Gasteiger partial charge is 0.461 e. The molecule has 16 heavy (non-hydrogen) atoms. The molecule has 1 N–H and O–H groups in total. The van der Waals surface area contributed by atoms with E-state index in [1.165, 1.54) is 0 Å². The van der Waals surface area contributed by atoms with Crippen LogP contribution in [0.15, 0.2) is 18.2 Å². The number of fused-ring (bicyclic) bond motifs is 1. The van der Waals surface area contributed by atoms with Gasteiger partial charge >= 0.3 is 5.97 Å². The summed E-state index contributed by atoms with van der Waals surface area (Å²) >= 11 is 12.1. The second-order valence-electron chi connectivity index (χ2n) is 3.20. The van der Waals surface area contributed by atoms with Gasteiger partial charge in [-0.1, -0.05) is 35.3 Å². The van der Waals surface area contributed by atoms with Gasteiger partial charge < -0.3 is 9.72 Å². The topological polar surface area (TPSA) is 42.1 Å². The molecule has 0 unspecified atom stereocenters. The van der Waals surface area contributed by atoms with E-state index in [-0.39, 0.29) is 5.69 Å². The van der Waals surface area contributed by atoms with E-state index in [9.17, 15) is 4.79 Å². The van der Waals surface area contributed by atoms with Crippen molar-refractivity contribution in [1.29, 1.82) is 0 Å². The zero-order chi connectivity index (χ0) is 11.7. The van der Waals surface area contributed by atoms with Crippen molar-refractivity contribution in [3.8, 4) is 0 Å². The van der Waals surface area contributed by atoms with E-state index in [4.69, 9.17) is 27.9 Å². The highest BCUT2D eigenvalue weighted by Crippen LogP contribution is 2.31. The molecule has 5 heteroatoms. The summed E-state index contributed by atoms with van der Waals surface area (Å²) in [5, 5.41) is 1.59. The summed E-state index contributed by atoms with van der Waals surface area (Å²) in [5.74, 6) is -0.472. The molecule has 1 heterocycles. The van der Waals surface area contributed by atoms with Gasteiger partial charge in [0.15, 0.2) is 0 Å². The number of carbonyl (C=O) groups excluding carboxylic acids is 1. The summed E-state index contributed by atoms with van der Waals surface area (Å²) in [6.45, 7) is 2.04. The fourth-order valence-electron chi connectivity index (χ4n) is 1.49. The van der Waals surface area contributed by atoms with Crippen LogP contribution in [0.3, 0.4) is 0 Å². The Morgan fingerprint density at radius 1 is 1.44 bits per heavy atom. The van der Waals surface area contributed by atoms with Crippen LogP contribution < -0.4 is 0 Å². The van der Waals surface area contributed by atoms with Gasteiger partial charge in [0.2, 0.25) is 0 Å². The molecule has 84 valence electrons. The van der Waals surface area contributed by atoms with Gasteiger partial charge in [0.1, 0.15) is 5.69 Å². The smallest absolute Gasteiger partial charge is 0.356 e. The maximum atomic E-state index is 11.6. The SMILES string of the molecule is CCOC(=O)c1[nH]c2c(Cl)cccc2c1Cl. The quantitative estimate of drug-likeness (QED) is 0.835. The number of aromatic amines is 1. The van der Waals surface area contributed by atoms with Crippen LogP contribution in [0.4, 0.5) is 0 Å². The Kier molecular flexibility index (Phi) is 3.08. The number of carbonyl (C=O) groups is 1. The van der Waals surface area contributed by atoms with E-state index in [0.29, 0.717) is 22.2 Å². The number of benzene rings is 1. The summed E-state index contributed by atoms with van der Waals surface area (Å²) < 4.78 is 4.88. The summed E-state index contributed by atoms with van der Waals surface area (Å²) in [7, 11) is 0. The Morgan fingerprint density at radius 3 is 2.81 bits per heavy atom. The van der Waals surface area contributed by atoms with Gasteiger partial charge in [0.05, 0.1) is 22.2 Å². The lowest BCUT2D eigenvalue weighted by molar-refractivity contribution is 0.0521. The molecule has 0 atom stereocenters. The maximum absolute atomic E-state index is 11.6. The molecule has 0 amide bonds. The Labute approximate surface area is 102 Å². The monoisotopic (exact) mass is 257 g/mol. The van der Waals surface area contributed by atoms with Crippen molar-refractivity contribution < 1.29 is 9.53 Å². The zero-order valence-corrected chi connectivity index (χ0v) is 10.0. The molecule has 0 aliphatic rings. The normalized spacial score (nSPS) is 10.7. The van der Waals surface area contributed by atoms with E-state index < -0.39 is 5.97 Å². The highest BCUT2D eigenvalue weighted by Gasteiger charge is 2.18. The minimum atomic E-state index is -0.472. The molecule has 2 aromatic rings. The van der Waals surface area contributed by atoms with Crippen molar-refractivity contribution in [2.75, 3.05) is 6.61 Å². The molecule has 1 aromatic carbocycles. The average molecular weight is 258 g/mol. The average Bonchev–Trinajstić information content (AvgIpc) is 2.59. The van der Waals surface area contributed by atoms with Crippen molar-refractivity contribution in [1.82, 2.24) is 4.98 Å². The molecule has 0 saturated heterocycles. The van der Waals surface area contributed by atoms with Gasteiger partial charge in [-0.15, -0.1) is 0 Å². The van der Waals surface area contributed by atoms with Crippen LogP contribution in [0.2, 0.25) is 10.0 Å². The van der Waals surface area contributed by atoms with E-state index in [0.717, 1.165) is 5.39 Å². The fourth-order valence-corrected chi connectivity index (χ4v) is 2.00. The summed E-state index contributed by atoms with van der Waals surface area (Å²) in [4.78, 5) is 14.4. The molecule has 0 bridgehead atoms. The van der Waals surface area contributed by atoms with Crippen LogP contribution in [-0.2, 0) is 4.74 Å². The number of hydrogen-bond acceptors (Lipinski definition) is 2. The van der Waals surface area contributed by atoms with Crippen molar-refractivity contribution in [2.24, 2.45) is 0 Å². The van der Waals surface area contributed by atoms with E-state index in [1.807, 2.05) is 0 Å². The second kappa shape index (κ2) is 4.36. The first-order valence-corrected chi connectivity index (χ1v) is 5.53. The third-order valence-electron chi connectivity index (χ3n) is 2.20. The first-order valence-electron chi connectivity index (χ1n) is 4.78. The number of nitrogens with one attached hydrogen (secondary N) is 1. The Balaban J connectivity index is 2.60. The summed E-state index contributed by atoms with van der Waals surface area (Å²) in [6, 6.07) is 5.30. The van der Waals surface area contributed by atoms with Crippen molar-refractivity contribution in [3.63, 3.8) is 0 Å². The molecule has 0 spiro atoms. The van der Waals surface area contributed by atoms with Gasteiger partial charge in [-0.25, -0.2) is 4.79 Å². The molecule has 0 aliphatic carbocycles. The molecule has 1 aromatic heterocycles. The second-order valence-corrected chi connectivity index (χ2v) is 3.98. The third kappa shape index (κ3) is 1.77. The van der Waals surface area contributed by atoms with Crippen LogP contribution in [0.25, 0.3) is 10.9 Å². The van der Waals surface area contributed by atoms with Gasteiger partial charge in [-0.05, 0) is 13.0 Å². The van der Waals surface area contributed by atoms with Crippen molar-refractivity contribution in [2.45, 2.75) is 6.92 Å². The van der Waals surface area contributed by atoms with Crippen LogP contribution in [0, 0.1) is 0 Å².